The van der Waals surface area contributed by atoms with Gasteiger partial charge in [-0.15, -0.1) is 0 Å². The lowest BCUT2D eigenvalue weighted by Gasteiger charge is -2.18. The molecule has 3 nitrogen and oxygen atoms in total. The molecule has 1 saturated heterocycles. The molecule has 0 aromatic heterocycles. The van der Waals surface area contributed by atoms with E-state index in [9.17, 15) is 9.59 Å². The summed E-state index contributed by atoms with van der Waals surface area (Å²) in [6.45, 7) is 0. The van der Waals surface area contributed by atoms with Crippen molar-refractivity contribution < 1.29 is 9.59 Å². The van der Waals surface area contributed by atoms with Crippen molar-refractivity contribution in [1.29, 1.82) is 0 Å². The van der Waals surface area contributed by atoms with Gasteiger partial charge in [0.15, 0.2) is 0 Å². The predicted octanol–water partition coefficient (Wildman–Crippen LogP) is 3.30. The Morgan fingerprint density at radius 2 is 1.60 bits per heavy atom. The molecule has 20 heavy (non-hydrogen) atoms. The summed E-state index contributed by atoms with van der Waals surface area (Å²) in [5, 5.41) is 0.819. The number of fused-ring (bicyclic) bond motifs is 5. The number of hydrogen-bond donors (Lipinski definition) is 0. The zero-order chi connectivity index (χ0) is 14.0. The second kappa shape index (κ2) is 4.09. The summed E-state index contributed by atoms with van der Waals surface area (Å²) in [7, 11) is 0. The first-order valence-corrected chi connectivity index (χ1v) is 7.34. The van der Waals surface area contributed by atoms with Crippen molar-refractivity contribution >= 4 is 40.7 Å². The Kier molecular flexibility index (Phi) is 2.54. The van der Waals surface area contributed by atoms with E-state index in [1.807, 2.05) is 0 Å². The molecule has 2 fully saturated rings. The lowest BCUT2D eigenvalue weighted by molar-refractivity contribution is -0.123. The summed E-state index contributed by atoms with van der Waals surface area (Å²) in [6.07, 6.45) is 5.07. The van der Waals surface area contributed by atoms with Crippen LogP contribution in [-0.4, -0.2) is 11.8 Å². The number of hydrogen-bond acceptors (Lipinski definition) is 2. The molecule has 1 aromatic carbocycles. The second-order valence-electron chi connectivity index (χ2n) is 5.61. The molecule has 4 atom stereocenters. The van der Waals surface area contributed by atoms with E-state index >= 15 is 0 Å². The van der Waals surface area contributed by atoms with Gasteiger partial charge in [-0.2, -0.15) is 0 Å². The van der Waals surface area contributed by atoms with Crippen LogP contribution in [0.5, 0.6) is 0 Å². The van der Waals surface area contributed by atoms with E-state index in [0.29, 0.717) is 15.7 Å². The quantitative estimate of drug-likeness (QED) is 0.589. The Bertz CT molecular complexity index is 640. The van der Waals surface area contributed by atoms with Gasteiger partial charge in [-0.05, 0) is 36.5 Å². The van der Waals surface area contributed by atoms with Crippen LogP contribution in [0.3, 0.4) is 0 Å². The van der Waals surface area contributed by atoms with Crippen LogP contribution in [0.15, 0.2) is 30.4 Å². The third kappa shape index (κ3) is 1.48. The van der Waals surface area contributed by atoms with Gasteiger partial charge in [0.1, 0.15) is 0 Å². The van der Waals surface area contributed by atoms with E-state index < -0.39 is 0 Å². The molecule has 4 rings (SSSR count). The maximum atomic E-state index is 12.6. The van der Waals surface area contributed by atoms with E-state index in [1.165, 1.54) is 4.90 Å². The molecule has 1 aliphatic heterocycles. The van der Waals surface area contributed by atoms with Crippen LogP contribution in [0, 0.1) is 23.7 Å². The van der Waals surface area contributed by atoms with Gasteiger partial charge in [-0.1, -0.05) is 35.4 Å². The number of carbonyl (C=O) groups excluding carboxylic acids is 2. The number of benzene rings is 1. The first-order chi connectivity index (χ1) is 9.58. The SMILES string of the molecule is O=C1[C@@H]2[C@@H](C(=O)N1c1ccc(Cl)cc1Cl)[C@H]1C=C[C@@H]2C1. The fourth-order valence-electron chi connectivity index (χ4n) is 3.80. The summed E-state index contributed by atoms with van der Waals surface area (Å²) >= 11 is 12.0. The van der Waals surface area contributed by atoms with E-state index in [2.05, 4.69) is 12.2 Å². The number of allylic oxidation sites excluding steroid dienone is 2. The van der Waals surface area contributed by atoms with Crippen molar-refractivity contribution in [3.63, 3.8) is 0 Å². The second-order valence-corrected chi connectivity index (χ2v) is 6.45. The highest BCUT2D eigenvalue weighted by Gasteiger charge is 2.59. The molecule has 3 aliphatic rings. The summed E-state index contributed by atoms with van der Waals surface area (Å²) in [5.41, 5.74) is 0.444. The van der Waals surface area contributed by atoms with Gasteiger partial charge in [0, 0.05) is 5.02 Å². The molecular formula is C15H11Cl2NO2. The monoisotopic (exact) mass is 307 g/mol. The van der Waals surface area contributed by atoms with Crippen LogP contribution in [0.2, 0.25) is 10.0 Å². The Hall–Kier alpha value is -1.32. The van der Waals surface area contributed by atoms with Crippen molar-refractivity contribution in [2.45, 2.75) is 6.42 Å². The maximum Gasteiger partial charge on any atom is 0.238 e. The van der Waals surface area contributed by atoms with E-state index in [0.717, 1.165) is 6.42 Å². The minimum atomic E-state index is -0.204. The number of amides is 2. The Morgan fingerprint density at radius 3 is 2.15 bits per heavy atom. The van der Waals surface area contributed by atoms with E-state index in [1.54, 1.807) is 18.2 Å². The number of nitrogens with zero attached hydrogens (tertiary/aromatic N) is 1. The zero-order valence-electron chi connectivity index (χ0n) is 10.4. The molecule has 102 valence electrons. The van der Waals surface area contributed by atoms with Crippen molar-refractivity contribution in [2.75, 3.05) is 4.90 Å². The molecule has 1 heterocycles. The van der Waals surface area contributed by atoms with Gasteiger partial charge >= 0.3 is 0 Å². The molecule has 0 unspecified atom stereocenters. The lowest BCUT2D eigenvalue weighted by Crippen LogP contribution is -2.33. The van der Waals surface area contributed by atoms with Crippen molar-refractivity contribution in [3.05, 3.63) is 40.4 Å². The number of rotatable bonds is 1. The van der Waals surface area contributed by atoms with Gasteiger partial charge in [0.2, 0.25) is 11.8 Å². The van der Waals surface area contributed by atoms with Gasteiger partial charge in [0.25, 0.3) is 0 Å². The van der Waals surface area contributed by atoms with Crippen LogP contribution < -0.4 is 4.90 Å². The van der Waals surface area contributed by atoms with Crippen molar-refractivity contribution in [1.82, 2.24) is 0 Å². The highest BCUT2D eigenvalue weighted by molar-refractivity contribution is 6.38. The minimum Gasteiger partial charge on any atom is -0.274 e. The molecule has 0 N–H and O–H groups in total. The smallest absolute Gasteiger partial charge is 0.238 e. The lowest BCUT2D eigenvalue weighted by atomic mass is 9.85. The topological polar surface area (TPSA) is 37.4 Å². The Morgan fingerprint density at radius 1 is 1.00 bits per heavy atom. The van der Waals surface area contributed by atoms with Crippen LogP contribution in [-0.2, 0) is 9.59 Å². The van der Waals surface area contributed by atoms with E-state index in [4.69, 9.17) is 23.2 Å². The van der Waals surface area contributed by atoms with Gasteiger partial charge in [-0.3, -0.25) is 9.59 Å². The fraction of sp³-hybridized carbons (Fsp3) is 0.333. The summed E-state index contributed by atoms with van der Waals surface area (Å²) in [6, 6.07) is 4.83. The highest BCUT2D eigenvalue weighted by Crippen LogP contribution is 2.53. The van der Waals surface area contributed by atoms with Crippen LogP contribution in [0.25, 0.3) is 0 Å². The van der Waals surface area contributed by atoms with Crippen molar-refractivity contribution in [3.8, 4) is 0 Å². The molecule has 0 spiro atoms. The molecule has 1 saturated carbocycles. The highest BCUT2D eigenvalue weighted by atomic mass is 35.5. The largest absolute Gasteiger partial charge is 0.274 e. The summed E-state index contributed by atoms with van der Waals surface area (Å²) in [4.78, 5) is 26.5. The minimum absolute atomic E-state index is 0.124. The van der Waals surface area contributed by atoms with Gasteiger partial charge in [0.05, 0.1) is 22.5 Å². The Labute approximate surface area is 126 Å². The molecule has 1 aromatic rings. The summed E-state index contributed by atoms with van der Waals surface area (Å²) < 4.78 is 0. The molecule has 5 heteroatoms. The van der Waals surface area contributed by atoms with Gasteiger partial charge < -0.3 is 0 Å². The number of halogens is 2. The van der Waals surface area contributed by atoms with Gasteiger partial charge in [-0.25, -0.2) is 4.90 Å². The number of carbonyl (C=O) groups is 2. The first-order valence-electron chi connectivity index (χ1n) is 6.59. The number of anilines is 1. The molecule has 2 amide bonds. The van der Waals surface area contributed by atoms with Crippen LogP contribution >= 0.6 is 23.2 Å². The third-order valence-corrected chi connectivity index (χ3v) is 5.16. The number of imide groups is 1. The average Bonchev–Trinajstić information content (AvgIpc) is 3.06. The molecule has 2 aliphatic carbocycles. The van der Waals surface area contributed by atoms with Crippen LogP contribution in [0.4, 0.5) is 5.69 Å². The first kappa shape index (κ1) is 12.4. The molecule has 2 bridgehead atoms. The standard InChI is InChI=1S/C15H11Cl2NO2/c16-9-3-4-11(10(17)6-9)18-14(19)12-7-1-2-8(5-7)13(12)15(18)20/h1-4,6-8,12-13H,5H2/t7-,8+,12-,13-/m0/s1. The fourth-order valence-corrected chi connectivity index (χ4v) is 4.30. The van der Waals surface area contributed by atoms with E-state index in [-0.39, 0.29) is 35.5 Å². The predicted molar refractivity (Wildman–Crippen MR) is 76.7 cm³/mol. The van der Waals surface area contributed by atoms with Crippen molar-refractivity contribution in [2.24, 2.45) is 23.7 Å². The molecular weight excluding hydrogens is 297 g/mol. The maximum absolute atomic E-state index is 12.6. The average molecular weight is 308 g/mol. The normalized spacial score (nSPS) is 34.2. The Balaban J connectivity index is 1.78. The third-order valence-electron chi connectivity index (χ3n) is 4.62. The summed E-state index contributed by atoms with van der Waals surface area (Å²) in [5.74, 6) is -0.245. The zero-order valence-corrected chi connectivity index (χ0v) is 11.9. The van der Waals surface area contributed by atoms with Crippen LogP contribution in [0.1, 0.15) is 6.42 Å². The molecule has 0 radical (unpaired) electrons.